The van der Waals surface area contributed by atoms with Crippen LogP contribution in [0.5, 0.6) is 0 Å². The first-order chi connectivity index (χ1) is 12.2. The lowest BCUT2D eigenvalue weighted by molar-refractivity contribution is -0.131. The van der Waals surface area contributed by atoms with Crippen LogP contribution < -0.4 is 5.48 Å². The van der Waals surface area contributed by atoms with Crippen LogP contribution >= 0.6 is 11.8 Å². The minimum Gasteiger partial charge on any atom is -0.295 e. The maximum Gasteiger partial charge on any atom is 0.254 e. The average Bonchev–Trinajstić information content (AvgIpc) is 3.10. The lowest BCUT2D eigenvalue weighted by Crippen LogP contribution is -2.25. The van der Waals surface area contributed by atoms with E-state index in [2.05, 4.69) is 10.5 Å². The van der Waals surface area contributed by atoms with E-state index in [1.165, 1.54) is 11.8 Å². The number of nitrogens with zero attached hydrogens (tertiary/aromatic N) is 2. The zero-order chi connectivity index (χ0) is 17.5. The first-order valence-electron chi connectivity index (χ1n) is 7.91. The van der Waals surface area contributed by atoms with Crippen LogP contribution in [-0.2, 0) is 16.2 Å². The molecule has 0 aliphatic rings. The number of rotatable bonds is 7. The summed E-state index contributed by atoms with van der Waals surface area (Å²) in [6.07, 6.45) is 3.63. The summed E-state index contributed by atoms with van der Waals surface area (Å²) in [5.41, 5.74) is 5.68. The predicted octanol–water partition coefficient (Wildman–Crippen LogP) is 3.52. The van der Waals surface area contributed by atoms with Crippen LogP contribution in [0, 0.1) is 6.92 Å². The lowest BCUT2D eigenvalue weighted by atomic mass is 10.2. The summed E-state index contributed by atoms with van der Waals surface area (Å²) in [5.74, 6) is 0.0396. The van der Waals surface area contributed by atoms with E-state index >= 15 is 0 Å². The van der Waals surface area contributed by atoms with Gasteiger partial charge in [0.15, 0.2) is 5.16 Å². The number of aromatic nitrogens is 2. The standard InChI is InChI=1S/C19H19N3O2S/c1-15-7-5-6-10-17(15)22-12-11-20-19(22)25-14-18(23)21-24-13-16-8-3-2-4-9-16/h2-12H,13-14H2,1H3,(H,21,23). The van der Waals surface area contributed by atoms with Crippen molar-refractivity contribution in [1.29, 1.82) is 0 Å². The number of thioether (sulfide) groups is 1. The van der Waals surface area contributed by atoms with E-state index in [4.69, 9.17) is 4.84 Å². The Morgan fingerprint density at radius 2 is 1.92 bits per heavy atom. The Hall–Kier alpha value is -2.57. The molecule has 128 valence electrons. The van der Waals surface area contributed by atoms with Gasteiger partial charge in [0.25, 0.3) is 5.91 Å². The monoisotopic (exact) mass is 353 g/mol. The van der Waals surface area contributed by atoms with Crippen LogP contribution in [0.3, 0.4) is 0 Å². The van der Waals surface area contributed by atoms with Gasteiger partial charge in [-0.2, -0.15) is 0 Å². The third-order valence-electron chi connectivity index (χ3n) is 3.58. The topological polar surface area (TPSA) is 56.2 Å². The molecule has 0 unspecified atom stereocenters. The number of hydroxylamine groups is 1. The van der Waals surface area contributed by atoms with Gasteiger partial charge in [0.1, 0.15) is 0 Å². The Labute approximate surface area is 151 Å². The van der Waals surface area contributed by atoms with Gasteiger partial charge in [0.05, 0.1) is 18.0 Å². The van der Waals surface area contributed by atoms with Gasteiger partial charge in [0.2, 0.25) is 0 Å². The molecule has 0 aliphatic heterocycles. The molecule has 0 saturated carbocycles. The van der Waals surface area contributed by atoms with Crippen molar-refractivity contribution in [2.75, 3.05) is 5.75 Å². The first-order valence-corrected chi connectivity index (χ1v) is 8.89. The number of amides is 1. The number of nitrogens with one attached hydrogen (secondary N) is 1. The van der Waals surface area contributed by atoms with Gasteiger partial charge in [-0.25, -0.2) is 10.5 Å². The van der Waals surface area contributed by atoms with E-state index in [0.29, 0.717) is 6.61 Å². The zero-order valence-corrected chi connectivity index (χ0v) is 14.7. The van der Waals surface area contributed by atoms with Crippen molar-refractivity contribution in [3.8, 4) is 5.69 Å². The second-order valence-electron chi connectivity index (χ2n) is 5.45. The predicted molar refractivity (Wildman–Crippen MR) is 98.4 cm³/mol. The normalized spacial score (nSPS) is 10.6. The maximum atomic E-state index is 11.9. The van der Waals surface area contributed by atoms with Crippen LogP contribution in [0.15, 0.2) is 72.1 Å². The van der Waals surface area contributed by atoms with E-state index in [9.17, 15) is 4.79 Å². The molecular formula is C19H19N3O2S. The molecular weight excluding hydrogens is 334 g/mol. The molecule has 0 atom stereocenters. The highest BCUT2D eigenvalue weighted by atomic mass is 32.2. The summed E-state index contributed by atoms with van der Waals surface area (Å²) >= 11 is 1.37. The largest absolute Gasteiger partial charge is 0.295 e. The average molecular weight is 353 g/mol. The minimum absolute atomic E-state index is 0.194. The molecule has 0 spiro atoms. The van der Waals surface area contributed by atoms with Crippen molar-refractivity contribution in [2.45, 2.75) is 18.7 Å². The molecule has 3 aromatic rings. The van der Waals surface area contributed by atoms with E-state index in [0.717, 1.165) is 22.0 Å². The third kappa shape index (κ3) is 4.71. The molecule has 1 amide bonds. The zero-order valence-electron chi connectivity index (χ0n) is 13.9. The molecule has 2 aromatic carbocycles. The van der Waals surface area contributed by atoms with Gasteiger partial charge in [-0.3, -0.25) is 14.2 Å². The summed E-state index contributed by atoms with van der Waals surface area (Å²) in [6, 6.07) is 17.8. The molecule has 0 bridgehead atoms. The van der Waals surface area contributed by atoms with E-state index in [-0.39, 0.29) is 11.7 Å². The van der Waals surface area contributed by atoms with Crippen molar-refractivity contribution in [2.24, 2.45) is 0 Å². The summed E-state index contributed by atoms with van der Waals surface area (Å²) in [4.78, 5) is 21.5. The molecule has 6 heteroatoms. The van der Waals surface area contributed by atoms with E-state index in [1.807, 2.05) is 72.3 Å². The fourth-order valence-electron chi connectivity index (χ4n) is 2.35. The van der Waals surface area contributed by atoms with Gasteiger partial charge in [-0.1, -0.05) is 60.3 Å². The van der Waals surface area contributed by atoms with Crippen LogP contribution in [0.25, 0.3) is 5.69 Å². The number of carbonyl (C=O) groups is 1. The number of para-hydroxylation sites is 1. The van der Waals surface area contributed by atoms with Crippen molar-refractivity contribution in [3.63, 3.8) is 0 Å². The Bertz CT molecular complexity index is 833. The number of imidazole rings is 1. The smallest absolute Gasteiger partial charge is 0.254 e. The summed E-state index contributed by atoms with van der Waals surface area (Å²) in [6.45, 7) is 2.39. The Morgan fingerprint density at radius 1 is 1.16 bits per heavy atom. The third-order valence-corrected chi connectivity index (χ3v) is 4.55. The summed E-state index contributed by atoms with van der Waals surface area (Å²) < 4.78 is 1.98. The van der Waals surface area contributed by atoms with Crippen molar-refractivity contribution >= 4 is 17.7 Å². The van der Waals surface area contributed by atoms with Crippen molar-refractivity contribution in [1.82, 2.24) is 15.0 Å². The molecule has 0 aliphatic carbocycles. The summed E-state index contributed by atoms with van der Waals surface area (Å²) in [5, 5.41) is 0.771. The Balaban J connectivity index is 1.52. The molecule has 0 saturated heterocycles. The Kier molecular flexibility index (Phi) is 5.87. The van der Waals surface area contributed by atoms with Crippen molar-refractivity contribution in [3.05, 3.63) is 78.1 Å². The van der Waals surface area contributed by atoms with Crippen LogP contribution in [0.4, 0.5) is 0 Å². The number of hydrogen-bond acceptors (Lipinski definition) is 4. The molecule has 0 radical (unpaired) electrons. The first kappa shape index (κ1) is 17.3. The van der Waals surface area contributed by atoms with E-state index < -0.39 is 0 Å². The van der Waals surface area contributed by atoms with Gasteiger partial charge in [-0.05, 0) is 24.1 Å². The molecule has 25 heavy (non-hydrogen) atoms. The second kappa shape index (κ2) is 8.50. The number of aryl methyl sites for hydroxylation is 1. The van der Waals surface area contributed by atoms with Gasteiger partial charge in [-0.15, -0.1) is 0 Å². The molecule has 1 aromatic heterocycles. The molecule has 1 heterocycles. The van der Waals surface area contributed by atoms with Gasteiger partial charge < -0.3 is 0 Å². The van der Waals surface area contributed by atoms with Gasteiger partial charge in [0, 0.05) is 12.4 Å². The van der Waals surface area contributed by atoms with Crippen molar-refractivity contribution < 1.29 is 9.63 Å². The Morgan fingerprint density at radius 3 is 2.72 bits per heavy atom. The summed E-state index contributed by atoms with van der Waals surface area (Å²) in [7, 11) is 0. The number of hydrogen-bond donors (Lipinski definition) is 1. The molecule has 1 N–H and O–H groups in total. The van der Waals surface area contributed by atoms with Gasteiger partial charge >= 0.3 is 0 Å². The van der Waals surface area contributed by atoms with Crippen LogP contribution in [0.2, 0.25) is 0 Å². The lowest BCUT2D eigenvalue weighted by Gasteiger charge is -2.10. The minimum atomic E-state index is -0.194. The van der Waals surface area contributed by atoms with Crippen LogP contribution in [0.1, 0.15) is 11.1 Å². The molecule has 5 nitrogen and oxygen atoms in total. The van der Waals surface area contributed by atoms with E-state index in [1.54, 1.807) is 6.20 Å². The quantitative estimate of drug-likeness (QED) is 0.522. The number of benzene rings is 2. The molecule has 3 rings (SSSR count). The highest BCUT2D eigenvalue weighted by Gasteiger charge is 2.10. The SMILES string of the molecule is Cc1ccccc1-n1ccnc1SCC(=O)NOCc1ccccc1. The number of carbonyl (C=O) groups excluding carboxylic acids is 1. The van der Waals surface area contributed by atoms with Crippen LogP contribution in [-0.4, -0.2) is 21.2 Å². The highest BCUT2D eigenvalue weighted by Crippen LogP contribution is 2.22. The molecule has 0 fully saturated rings. The fraction of sp³-hybridized carbons (Fsp3) is 0.158. The second-order valence-corrected chi connectivity index (χ2v) is 6.40. The highest BCUT2D eigenvalue weighted by molar-refractivity contribution is 7.99. The maximum absolute atomic E-state index is 11.9. The fourth-order valence-corrected chi connectivity index (χ4v) is 3.10.